The normalized spacial score (nSPS) is 15.5. The van der Waals surface area contributed by atoms with E-state index in [1.165, 1.54) is 0 Å². The molecule has 0 bridgehead atoms. The summed E-state index contributed by atoms with van der Waals surface area (Å²) in [7, 11) is 0. The zero-order chi connectivity index (χ0) is 16.9. The lowest BCUT2D eigenvalue weighted by atomic mass is 9.96. The van der Waals surface area contributed by atoms with Crippen molar-refractivity contribution in [2.75, 3.05) is 19.7 Å². The van der Waals surface area contributed by atoms with E-state index in [1.807, 2.05) is 24.2 Å². The van der Waals surface area contributed by atoms with E-state index in [0.717, 1.165) is 38.3 Å². The number of piperidine rings is 1. The van der Waals surface area contributed by atoms with Gasteiger partial charge >= 0.3 is 0 Å². The van der Waals surface area contributed by atoms with Crippen molar-refractivity contribution >= 4 is 17.5 Å². The highest BCUT2D eigenvalue weighted by molar-refractivity contribution is 6.30. The largest absolute Gasteiger partial charge is 0.484 e. The first kappa shape index (κ1) is 16.8. The van der Waals surface area contributed by atoms with E-state index in [2.05, 4.69) is 9.55 Å². The van der Waals surface area contributed by atoms with Gasteiger partial charge in [0.05, 0.1) is 0 Å². The van der Waals surface area contributed by atoms with Crippen molar-refractivity contribution in [2.24, 2.45) is 5.92 Å². The van der Waals surface area contributed by atoms with Crippen molar-refractivity contribution in [2.45, 2.75) is 26.3 Å². The van der Waals surface area contributed by atoms with E-state index in [-0.39, 0.29) is 12.5 Å². The molecular formula is C18H22ClN3O2. The van der Waals surface area contributed by atoms with Gasteiger partial charge in [-0.15, -0.1) is 0 Å². The number of halogens is 1. The molecule has 2 heterocycles. The maximum atomic E-state index is 12.3. The quantitative estimate of drug-likeness (QED) is 0.834. The topological polar surface area (TPSA) is 47.4 Å². The minimum absolute atomic E-state index is 0.0437. The van der Waals surface area contributed by atoms with E-state index < -0.39 is 0 Å². The molecule has 1 aliphatic heterocycles. The summed E-state index contributed by atoms with van der Waals surface area (Å²) in [5.41, 5.74) is 0. The van der Waals surface area contributed by atoms with Crippen molar-refractivity contribution in [1.29, 1.82) is 0 Å². The highest BCUT2D eigenvalue weighted by Crippen LogP contribution is 2.20. The number of aryl methyl sites for hydroxylation is 1. The Bertz CT molecular complexity index is 676. The third-order valence-electron chi connectivity index (χ3n) is 4.52. The molecule has 6 heteroatoms. The average Bonchev–Trinajstić information content (AvgIpc) is 3.00. The van der Waals surface area contributed by atoms with Crippen LogP contribution in [0.15, 0.2) is 36.7 Å². The Labute approximate surface area is 147 Å². The van der Waals surface area contributed by atoms with E-state index in [9.17, 15) is 4.79 Å². The Morgan fingerprint density at radius 3 is 2.62 bits per heavy atom. The SMILES string of the molecule is Cc1nccn1CC1CCN(C(=O)COc2ccc(Cl)cc2)CC1. The summed E-state index contributed by atoms with van der Waals surface area (Å²) in [6.45, 7) is 4.66. The first-order valence-electron chi connectivity index (χ1n) is 8.25. The van der Waals surface area contributed by atoms with Crippen molar-refractivity contribution in [3.8, 4) is 5.75 Å². The lowest BCUT2D eigenvalue weighted by Gasteiger charge is -2.32. The predicted molar refractivity (Wildman–Crippen MR) is 93.2 cm³/mol. The molecule has 0 saturated carbocycles. The van der Waals surface area contributed by atoms with Crippen molar-refractivity contribution in [3.05, 3.63) is 47.5 Å². The van der Waals surface area contributed by atoms with Crippen LogP contribution in [0.25, 0.3) is 0 Å². The highest BCUT2D eigenvalue weighted by Gasteiger charge is 2.23. The van der Waals surface area contributed by atoms with Crippen LogP contribution in [0.1, 0.15) is 18.7 Å². The third-order valence-corrected chi connectivity index (χ3v) is 4.77. The number of nitrogens with zero attached hydrogens (tertiary/aromatic N) is 3. The minimum Gasteiger partial charge on any atom is -0.484 e. The second kappa shape index (κ2) is 7.71. The molecule has 2 aromatic rings. The molecule has 1 amide bonds. The van der Waals surface area contributed by atoms with Gasteiger partial charge in [0, 0.05) is 37.1 Å². The monoisotopic (exact) mass is 347 g/mol. The van der Waals surface area contributed by atoms with Gasteiger partial charge in [-0.25, -0.2) is 4.98 Å². The molecule has 128 valence electrons. The number of rotatable bonds is 5. The smallest absolute Gasteiger partial charge is 0.260 e. The van der Waals surface area contributed by atoms with Crippen LogP contribution in [0.2, 0.25) is 5.02 Å². The fourth-order valence-electron chi connectivity index (χ4n) is 3.01. The lowest BCUT2D eigenvalue weighted by molar-refractivity contribution is -0.134. The number of hydrogen-bond donors (Lipinski definition) is 0. The molecule has 0 unspecified atom stereocenters. The van der Waals surface area contributed by atoms with Gasteiger partial charge in [0.15, 0.2) is 6.61 Å². The van der Waals surface area contributed by atoms with Crippen LogP contribution in [0, 0.1) is 12.8 Å². The van der Waals surface area contributed by atoms with Crippen LogP contribution in [-0.4, -0.2) is 40.1 Å². The first-order chi connectivity index (χ1) is 11.6. The number of carbonyl (C=O) groups is 1. The Morgan fingerprint density at radius 2 is 2.00 bits per heavy atom. The molecule has 1 aromatic carbocycles. The van der Waals surface area contributed by atoms with Crippen molar-refractivity contribution < 1.29 is 9.53 Å². The van der Waals surface area contributed by atoms with E-state index in [0.29, 0.717) is 16.7 Å². The molecule has 5 nitrogen and oxygen atoms in total. The highest BCUT2D eigenvalue weighted by atomic mass is 35.5. The van der Waals surface area contributed by atoms with Gasteiger partial charge in [0.25, 0.3) is 5.91 Å². The van der Waals surface area contributed by atoms with Gasteiger partial charge in [-0.3, -0.25) is 4.79 Å². The molecule has 3 rings (SSSR count). The number of imidazole rings is 1. The molecule has 1 fully saturated rings. The number of benzene rings is 1. The zero-order valence-electron chi connectivity index (χ0n) is 13.8. The van der Waals surface area contributed by atoms with Gasteiger partial charge in [-0.05, 0) is 49.9 Å². The molecule has 0 atom stereocenters. The van der Waals surface area contributed by atoms with Gasteiger partial charge in [-0.2, -0.15) is 0 Å². The molecule has 0 N–H and O–H groups in total. The second-order valence-corrected chi connectivity index (χ2v) is 6.63. The maximum absolute atomic E-state index is 12.3. The fraction of sp³-hybridized carbons (Fsp3) is 0.444. The molecule has 0 aliphatic carbocycles. The van der Waals surface area contributed by atoms with Gasteiger partial charge in [0.2, 0.25) is 0 Å². The molecule has 0 spiro atoms. The van der Waals surface area contributed by atoms with E-state index >= 15 is 0 Å². The molecule has 0 radical (unpaired) electrons. The van der Waals surface area contributed by atoms with Gasteiger partial charge < -0.3 is 14.2 Å². The van der Waals surface area contributed by atoms with Crippen molar-refractivity contribution in [3.63, 3.8) is 0 Å². The van der Waals surface area contributed by atoms with Crippen LogP contribution in [0.4, 0.5) is 0 Å². The minimum atomic E-state index is 0.0437. The summed E-state index contributed by atoms with van der Waals surface area (Å²) >= 11 is 5.83. The summed E-state index contributed by atoms with van der Waals surface area (Å²) in [4.78, 5) is 18.4. The van der Waals surface area contributed by atoms with Crippen LogP contribution >= 0.6 is 11.6 Å². The second-order valence-electron chi connectivity index (χ2n) is 6.19. The number of ether oxygens (including phenoxy) is 1. The standard InChI is InChI=1S/C18H22ClN3O2/c1-14-20-8-11-22(14)12-15-6-9-21(10-7-15)18(23)13-24-17-4-2-16(19)3-5-17/h2-5,8,11,15H,6-7,9-10,12-13H2,1H3. The third kappa shape index (κ3) is 4.29. The molecule has 1 aliphatic rings. The summed E-state index contributed by atoms with van der Waals surface area (Å²) < 4.78 is 7.73. The zero-order valence-corrected chi connectivity index (χ0v) is 14.6. The van der Waals surface area contributed by atoms with Crippen LogP contribution in [-0.2, 0) is 11.3 Å². The van der Waals surface area contributed by atoms with E-state index in [1.54, 1.807) is 24.3 Å². The molecule has 24 heavy (non-hydrogen) atoms. The number of amides is 1. The van der Waals surface area contributed by atoms with Gasteiger partial charge in [0.1, 0.15) is 11.6 Å². The van der Waals surface area contributed by atoms with Crippen molar-refractivity contribution in [1.82, 2.24) is 14.5 Å². The number of aromatic nitrogens is 2. The summed E-state index contributed by atoms with van der Waals surface area (Å²) in [5.74, 6) is 2.35. The Balaban J connectivity index is 1.43. The summed E-state index contributed by atoms with van der Waals surface area (Å²) in [5, 5.41) is 0.656. The molecular weight excluding hydrogens is 326 g/mol. The first-order valence-corrected chi connectivity index (χ1v) is 8.63. The maximum Gasteiger partial charge on any atom is 0.260 e. The Hall–Kier alpha value is -2.01. The van der Waals surface area contributed by atoms with E-state index in [4.69, 9.17) is 16.3 Å². The predicted octanol–water partition coefficient (Wildman–Crippen LogP) is 3.16. The van der Waals surface area contributed by atoms with Crippen LogP contribution < -0.4 is 4.74 Å². The van der Waals surface area contributed by atoms with Gasteiger partial charge in [-0.1, -0.05) is 11.6 Å². The lowest BCUT2D eigenvalue weighted by Crippen LogP contribution is -2.41. The Morgan fingerprint density at radius 1 is 1.29 bits per heavy atom. The fourth-order valence-corrected chi connectivity index (χ4v) is 3.13. The number of likely N-dealkylation sites (tertiary alicyclic amines) is 1. The summed E-state index contributed by atoms with van der Waals surface area (Å²) in [6.07, 6.45) is 5.89. The molecule has 1 saturated heterocycles. The average molecular weight is 348 g/mol. The van der Waals surface area contributed by atoms with Crippen LogP contribution in [0.5, 0.6) is 5.75 Å². The number of hydrogen-bond acceptors (Lipinski definition) is 3. The molecule has 1 aromatic heterocycles. The summed E-state index contributed by atoms with van der Waals surface area (Å²) in [6, 6.07) is 7.06. The Kier molecular flexibility index (Phi) is 5.41. The van der Waals surface area contributed by atoms with Crippen LogP contribution in [0.3, 0.4) is 0 Å². The number of carbonyl (C=O) groups excluding carboxylic acids is 1.